The van der Waals surface area contributed by atoms with Crippen LogP contribution in [-0.4, -0.2) is 18.7 Å². The normalized spacial score (nSPS) is 13.5. The zero-order valence-corrected chi connectivity index (χ0v) is 14.4. The van der Waals surface area contributed by atoms with Gasteiger partial charge >= 0.3 is 0 Å². The lowest BCUT2D eigenvalue weighted by molar-refractivity contribution is -0.117. The maximum atomic E-state index is 12.6. The van der Waals surface area contributed by atoms with E-state index in [1.165, 1.54) is 0 Å². The molecule has 0 fully saturated rings. The van der Waals surface area contributed by atoms with Gasteiger partial charge in [0.05, 0.1) is 6.42 Å². The van der Waals surface area contributed by atoms with E-state index in [1.807, 2.05) is 18.2 Å². The Morgan fingerprint density at radius 3 is 2.38 bits per heavy atom. The van der Waals surface area contributed by atoms with Gasteiger partial charge in [-0.1, -0.05) is 31.9 Å². The standard InChI is InChI=1S/C16H11Br2NO2/c1-19-14-3-2-9(4-10(14)7-15(19)20)16(21)11-5-12(17)8-13(18)6-11/h2-6,8H,7H2,1H3. The van der Waals surface area contributed by atoms with E-state index in [0.29, 0.717) is 17.5 Å². The summed E-state index contributed by atoms with van der Waals surface area (Å²) in [5.74, 6) is 0.00148. The van der Waals surface area contributed by atoms with Crippen molar-refractivity contribution in [1.82, 2.24) is 0 Å². The monoisotopic (exact) mass is 407 g/mol. The van der Waals surface area contributed by atoms with Gasteiger partial charge in [0.15, 0.2) is 5.78 Å². The summed E-state index contributed by atoms with van der Waals surface area (Å²) >= 11 is 6.77. The molecule has 3 nitrogen and oxygen atoms in total. The third-order valence-electron chi connectivity index (χ3n) is 3.54. The van der Waals surface area contributed by atoms with Gasteiger partial charge in [-0.15, -0.1) is 0 Å². The Bertz CT molecular complexity index is 751. The van der Waals surface area contributed by atoms with Crippen molar-refractivity contribution in [3.63, 3.8) is 0 Å². The highest BCUT2D eigenvalue weighted by Gasteiger charge is 2.25. The number of carbonyl (C=O) groups excluding carboxylic acids is 2. The molecule has 0 unspecified atom stereocenters. The molecular weight excluding hydrogens is 398 g/mol. The first-order valence-electron chi connectivity index (χ1n) is 6.36. The van der Waals surface area contributed by atoms with Crippen molar-refractivity contribution in [3.8, 4) is 0 Å². The van der Waals surface area contributed by atoms with Crippen molar-refractivity contribution in [2.45, 2.75) is 6.42 Å². The lowest BCUT2D eigenvalue weighted by atomic mass is 10.0. The lowest BCUT2D eigenvalue weighted by Gasteiger charge is -2.10. The molecule has 0 bridgehead atoms. The fourth-order valence-electron chi connectivity index (χ4n) is 2.46. The third-order valence-corrected chi connectivity index (χ3v) is 4.46. The second-order valence-corrected chi connectivity index (χ2v) is 6.79. The highest BCUT2D eigenvalue weighted by molar-refractivity contribution is 9.11. The number of amides is 1. The predicted molar refractivity (Wildman–Crippen MR) is 88.8 cm³/mol. The van der Waals surface area contributed by atoms with Crippen LogP contribution in [0.4, 0.5) is 5.69 Å². The minimum absolute atomic E-state index is 0.0539. The van der Waals surface area contributed by atoms with Crippen LogP contribution in [0.15, 0.2) is 45.3 Å². The molecule has 0 atom stereocenters. The first kappa shape index (κ1) is 14.5. The summed E-state index contributed by atoms with van der Waals surface area (Å²) in [6.45, 7) is 0. The largest absolute Gasteiger partial charge is 0.315 e. The second-order valence-electron chi connectivity index (χ2n) is 4.96. The molecule has 1 aliphatic rings. The molecule has 1 aliphatic heterocycles. The Morgan fingerprint density at radius 1 is 1.05 bits per heavy atom. The Labute approximate surface area is 139 Å². The van der Waals surface area contributed by atoms with Crippen molar-refractivity contribution in [2.24, 2.45) is 0 Å². The SMILES string of the molecule is CN1C(=O)Cc2cc(C(=O)c3cc(Br)cc(Br)c3)ccc21. The van der Waals surface area contributed by atoms with Gasteiger partial charge in [-0.05, 0) is 42.0 Å². The zero-order chi connectivity index (χ0) is 15.1. The number of hydrogen-bond donors (Lipinski definition) is 0. The zero-order valence-electron chi connectivity index (χ0n) is 11.2. The number of anilines is 1. The van der Waals surface area contributed by atoms with E-state index in [0.717, 1.165) is 20.2 Å². The van der Waals surface area contributed by atoms with Crippen LogP contribution in [0.3, 0.4) is 0 Å². The first-order valence-corrected chi connectivity index (χ1v) is 7.94. The highest BCUT2D eigenvalue weighted by Crippen LogP contribution is 2.29. The Balaban J connectivity index is 2.00. The van der Waals surface area contributed by atoms with Gasteiger partial charge in [0.2, 0.25) is 5.91 Å². The molecule has 0 aromatic heterocycles. The number of likely N-dealkylation sites (N-methyl/N-ethyl adjacent to an activating group) is 1. The van der Waals surface area contributed by atoms with Crippen LogP contribution in [-0.2, 0) is 11.2 Å². The topological polar surface area (TPSA) is 37.4 Å². The molecule has 0 saturated heterocycles. The van der Waals surface area contributed by atoms with Crippen LogP contribution >= 0.6 is 31.9 Å². The Hall–Kier alpha value is -1.46. The molecule has 0 aliphatic carbocycles. The van der Waals surface area contributed by atoms with E-state index in [1.54, 1.807) is 30.1 Å². The summed E-state index contributed by atoms with van der Waals surface area (Å²) in [6.07, 6.45) is 0.356. The molecular formula is C16H11Br2NO2. The summed E-state index contributed by atoms with van der Waals surface area (Å²) in [5.41, 5.74) is 2.99. The van der Waals surface area contributed by atoms with Gasteiger partial charge < -0.3 is 4.90 Å². The van der Waals surface area contributed by atoms with Gasteiger partial charge in [-0.2, -0.15) is 0 Å². The molecule has 1 amide bonds. The van der Waals surface area contributed by atoms with Gasteiger partial charge in [0.1, 0.15) is 0 Å². The molecule has 21 heavy (non-hydrogen) atoms. The highest BCUT2D eigenvalue weighted by atomic mass is 79.9. The molecule has 1 heterocycles. The van der Waals surface area contributed by atoms with Crippen LogP contribution in [0.5, 0.6) is 0 Å². The van der Waals surface area contributed by atoms with E-state index in [-0.39, 0.29) is 11.7 Å². The number of benzene rings is 2. The van der Waals surface area contributed by atoms with Crippen molar-refractivity contribution in [3.05, 3.63) is 62.0 Å². The van der Waals surface area contributed by atoms with E-state index in [9.17, 15) is 9.59 Å². The van der Waals surface area contributed by atoms with E-state index < -0.39 is 0 Å². The van der Waals surface area contributed by atoms with E-state index in [4.69, 9.17) is 0 Å². The Kier molecular flexibility index (Phi) is 3.71. The predicted octanol–water partition coefficient (Wildman–Crippen LogP) is 3.96. The van der Waals surface area contributed by atoms with E-state index >= 15 is 0 Å². The summed E-state index contributed by atoms with van der Waals surface area (Å²) < 4.78 is 1.69. The minimum Gasteiger partial charge on any atom is -0.315 e. The Morgan fingerprint density at radius 2 is 1.71 bits per heavy atom. The molecule has 106 valence electrons. The number of carbonyl (C=O) groups is 2. The third kappa shape index (κ3) is 2.68. The number of fused-ring (bicyclic) bond motifs is 1. The first-order chi connectivity index (χ1) is 9.95. The van der Waals surface area contributed by atoms with Crippen molar-refractivity contribution in [2.75, 3.05) is 11.9 Å². The number of hydrogen-bond acceptors (Lipinski definition) is 2. The summed E-state index contributed by atoms with van der Waals surface area (Å²) in [6, 6.07) is 10.9. The average Bonchev–Trinajstić information content (AvgIpc) is 2.71. The number of rotatable bonds is 2. The molecule has 0 radical (unpaired) electrons. The quantitative estimate of drug-likeness (QED) is 0.705. The lowest BCUT2D eigenvalue weighted by Crippen LogP contribution is -2.20. The van der Waals surface area contributed by atoms with Crippen molar-refractivity contribution in [1.29, 1.82) is 0 Å². The molecule has 0 N–H and O–H groups in total. The fourth-order valence-corrected chi connectivity index (χ4v) is 3.76. The number of nitrogens with zero attached hydrogens (tertiary/aromatic N) is 1. The summed E-state index contributed by atoms with van der Waals surface area (Å²) in [4.78, 5) is 25.9. The van der Waals surface area contributed by atoms with Gasteiger partial charge in [0, 0.05) is 32.8 Å². The number of ketones is 1. The van der Waals surface area contributed by atoms with Crippen LogP contribution in [0.1, 0.15) is 21.5 Å². The second kappa shape index (κ2) is 5.39. The fraction of sp³-hybridized carbons (Fsp3) is 0.125. The van der Waals surface area contributed by atoms with Gasteiger partial charge in [-0.3, -0.25) is 9.59 Å². The average molecular weight is 409 g/mol. The summed E-state index contributed by atoms with van der Waals surface area (Å²) in [5, 5.41) is 0. The van der Waals surface area contributed by atoms with Crippen LogP contribution in [0.2, 0.25) is 0 Å². The summed E-state index contributed by atoms with van der Waals surface area (Å²) in [7, 11) is 1.75. The van der Waals surface area contributed by atoms with Gasteiger partial charge in [-0.25, -0.2) is 0 Å². The maximum Gasteiger partial charge on any atom is 0.231 e. The van der Waals surface area contributed by atoms with Crippen LogP contribution < -0.4 is 4.90 Å². The van der Waals surface area contributed by atoms with Crippen molar-refractivity contribution < 1.29 is 9.59 Å². The van der Waals surface area contributed by atoms with Crippen LogP contribution in [0, 0.1) is 0 Å². The van der Waals surface area contributed by atoms with Crippen molar-refractivity contribution >= 4 is 49.2 Å². The number of halogens is 2. The molecule has 0 saturated carbocycles. The smallest absolute Gasteiger partial charge is 0.231 e. The van der Waals surface area contributed by atoms with Gasteiger partial charge in [0.25, 0.3) is 0 Å². The molecule has 5 heteroatoms. The van der Waals surface area contributed by atoms with Crippen LogP contribution in [0.25, 0.3) is 0 Å². The molecule has 2 aromatic carbocycles. The molecule has 3 rings (SSSR count). The minimum atomic E-state index is -0.0539. The van der Waals surface area contributed by atoms with E-state index in [2.05, 4.69) is 31.9 Å². The molecule has 2 aromatic rings. The molecule has 0 spiro atoms. The maximum absolute atomic E-state index is 12.6.